The van der Waals surface area contributed by atoms with E-state index in [0.717, 1.165) is 5.56 Å². The molecule has 2 fully saturated rings. The van der Waals surface area contributed by atoms with Gasteiger partial charge in [-0.2, -0.15) is 0 Å². The molecule has 0 atom stereocenters. The molecular formula is C18H18N2O4S2. The third-order valence-corrected chi connectivity index (χ3v) is 6.06. The highest BCUT2D eigenvalue weighted by molar-refractivity contribution is 8.26. The quantitative estimate of drug-likeness (QED) is 0.631. The highest BCUT2D eigenvalue weighted by atomic mass is 32.2. The second-order valence-electron chi connectivity index (χ2n) is 6.27. The number of nitrogens with zero attached hydrogens (tertiary/aromatic N) is 2. The van der Waals surface area contributed by atoms with Crippen molar-refractivity contribution in [3.8, 4) is 0 Å². The Hall–Kier alpha value is -2.19. The second kappa shape index (κ2) is 7.59. The molecule has 0 aromatic heterocycles. The smallest absolute Gasteiger partial charge is 0.306 e. The van der Waals surface area contributed by atoms with Crippen molar-refractivity contribution < 1.29 is 19.5 Å². The molecule has 1 N–H and O–H groups in total. The Balaban J connectivity index is 1.66. The Labute approximate surface area is 160 Å². The summed E-state index contributed by atoms with van der Waals surface area (Å²) in [7, 11) is 1.65. The molecule has 0 aliphatic carbocycles. The molecule has 1 aromatic rings. The van der Waals surface area contributed by atoms with Gasteiger partial charge in [0, 0.05) is 25.7 Å². The maximum atomic E-state index is 12.6. The molecule has 0 bridgehead atoms. The summed E-state index contributed by atoms with van der Waals surface area (Å²) in [5, 5.41) is 9.03. The molecule has 2 amide bonds. The van der Waals surface area contributed by atoms with Crippen LogP contribution in [0.25, 0.3) is 6.08 Å². The van der Waals surface area contributed by atoms with E-state index in [9.17, 15) is 14.4 Å². The zero-order valence-corrected chi connectivity index (χ0v) is 15.8. The normalized spacial score (nSPS) is 20.1. The molecule has 2 aliphatic rings. The lowest BCUT2D eigenvalue weighted by Crippen LogP contribution is -2.40. The SMILES string of the molecule is CN1C(=O)C(=Cc2ccc(C(=O)N3CCC(C(=O)O)CC3)cc2)SC1=S. The first kappa shape index (κ1) is 18.6. The van der Waals surface area contributed by atoms with Crippen LogP contribution < -0.4 is 0 Å². The van der Waals surface area contributed by atoms with Gasteiger partial charge in [0.1, 0.15) is 4.32 Å². The predicted molar refractivity (Wildman–Crippen MR) is 104 cm³/mol. The minimum Gasteiger partial charge on any atom is -0.481 e. The number of amides is 2. The Morgan fingerprint density at radius 3 is 2.35 bits per heavy atom. The molecule has 8 heteroatoms. The molecule has 0 saturated carbocycles. The van der Waals surface area contributed by atoms with Crippen molar-refractivity contribution in [2.75, 3.05) is 20.1 Å². The third-order valence-electron chi connectivity index (χ3n) is 4.57. The lowest BCUT2D eigenvalue weighted by atomic mass is 9.96. The first-order chi connectivity index (χ1) is 12.4. The van der Waals surface area contributed by atoms with Gasteiger partial charge in [-0.15, -0.1) is 0 Å². The van der Waals surface area contributed by atoms with E-state index < -0.39 is 5.97 Å². The molecule has 3 rings (SSSR count). The van der Waals surface area contributed by atoms with Crippen LogP contribution in [-0.2, 0) is 9.59 Å². The predicted octanol–water partition coefficient (Wildman–Crippen LogP) is 2.45. The van der Waals surface area contributed by atoms with Crippen molar-refractivity contribution in [1.82, 2.24) is 9.80 Å². The van der Waals surface area contributed by atoms with E-state index in [1.165, 1.54) is 16.7 Å². The number of likely N-dealkylation sites (N-methyl/N-ethyl adjacent to an activating group) is 1. The van der Waals surface area contributed by atoms with Crippen molar-refractivity contribution in [3.05, 3.63) is 40.3 Å². The lowest BCUT2D eigenvalue weighted by molar-refractivity contribution is -0.143. The van der Waals surface area contributed by atoms with Gasteiger partial charge in [0.25, 0.3) is 11.8 Å². The van der Waals surface area contributed by atoms with Crippen LogP contribution in [0.2, 0.25) is 0 Å². The maximum Gasteiger partial charge on any atom is 0.306 e. The largest absolute Gasteiger partial charge is 0.481 e. The highest BCUT2D eigenvalue weighted by Crippen LogP contribution is 2.31. The van der Waals surface area contributed by atoms with Gasteiger partial charge in [-0.1, -0.05) is 36.1 Å². The Morgan fingerprint density at radius 2 is 1.85 bits per heavy atom. The van der Waals surface area contributed by atoms with Crippen LogP contribution in [0.15, 0.2) is 29.2 Å². The van der Waals surface area contributed by atoms with Gasteiger partial charge >= 0.3 is 5.97 Å². The summed E-state index contributed by atoms with van der Waals surface area (Å²) in [5.41, 5.74) is 1.37. The first-order valence-electron chi connectivity index (χ1n) is 8.20. The van der Waals surface area contributed by atoms with Crippen LogP contribution in [0.3, 0.4) is 0 Å². The van der Waals surface area contributed by atoms with Gasteiger partial charge in [-0.05, 0) is 36.6 Å². The van der Waals surface area contributed by atoms with Crippen LogP contribution in [0.1, 0.15) is 28.8 Å². The van der Waals surface area contributed by atoms with E-state index in [4.69, 9.17) is 17.3 Å². The van der Waals surface area contributed by atoms with Crippen LogP contribution in [-0.4, -0.2) is 57.1 Å². The number of aliphatic carboxylic acids is 1. The third kappa shape index (κ3) is 3.81. The second-order valence-corrected chi connectivity index (χ2v) is 7.94. The fourth-order valence-electron chi connectivity index (χ4n) is 2.93. The molecule has 6 nitrogen and oxygen atoms in total. The molecule has 2 aliphatic heterocycles. The van der Waals surface area contributed by atoms with Gasteiger partial charge < -0.3 is 10.0 Å². The van der Waals surface area contributed by atoms with Gasteiger partial charge in [0.05, 0.1) is 10.8 Å². The van der Waals surface area contributed by atoms with Crippen LogP contribution >= 0.6 is 24.0 Å². The van der Waals surface area contributed by atoms with E-state index in [0.29, 0.717) is 40.7 Å². The standard InChI is InChI=1S/C18H18N2O4S2/c1-19-16(22)14(26-18(19)25)10-11-2-4-12(5-3-11)15(21)20-8-6-13(7-9-20)17(23)24/h2-5,10,13H,6-9H2,1H3,(H,23,24). The van der Waals surface area contributed by atoms with E-state index in [2.05, 4.69) is 0 Å². The molecule has 0 spiro atoms. The monoisotopic (exact) mass is 390 g/mol. The lowest BCUT2D eigenvalue weighted by Gasteiger charge is -2.30. The minimum absolute atomic E-state index is 0.0970. The summed E-state index contributed by atoms with van der Waals surface area (Å²) >= 11 is 6.36. The van der Waals surface area contributed by atoms with Crippen molar-refractivity contribution in [3.63, 3.8) is 0 Å². The van der Waals surface area contributed by atoms with E-state index >= 15 is 0 Å². The van der Waals surface area contributed by atoms with Gasteiger partial charge in [-0.25, -0.2) is 0 Å². The summed E-state index contributed by atoms with van der Waals surface area (Å²) in [5.74, 6) is -1.38. The van der Waals surface area contributed by atoms with E-state index in [1.54, 1.807) is 42.3 Å². The summed E-state index contributed by atoms with van der Waals surface area (Å²) in [4.78, 5) is 39.3. The molecule has 136 valence electrons. The zero-order valence-electron chi connectivity index (χ0n) is 14.2. The topological polar surface area (TPSA) is 77.9 Å². The number of piperidine rings is 1. The number of carboxylic acid groups (broad SMARTS) is 1. The number of benzene rings is 1. The summed E-state index contributed by atoms with van der Waals surface area (Å²) in [6, 6.07) is 7.03. The van der Waals surface area contributed by atoms with Crippen molar-refractivity contribution >= 4 is 52.2 Å². The number of hydrogen-bond acceptors (Lipinski definition) is 5. The molecule has 2 heterocycles. The van der Waals surface area contributed by atoms with E-state index in [-0.39, 0.29) is 17.7 Å². The molecule has 1 aromatic carbocycles. The molecule has 0 radical (unpaired) electrons. The summed E-state index contributed by atoms with van der Waals surface area (Å²) in [6.07, 6.45) is 2.73. The van der Waals surface area contributed by atoms with Crippen LogP contribution in [0, 0.1) is 5.92 Å². The first-order valence-corrected chi connectivity index (χ1v) is 9.43. The molecular weight excluding hydrogens is 372 g/mol. The number of carboxylic acids is 1. The zero-order chi connectivity index (χ0) is 18.8. The number of likely N-dealkylation sites (tertiary alicyclic amines) is 1. The molecule has 2 saturated heterocycles. The average Bonchev–Trinajstić information content (AvgIpc) is 2.88. The number of thiocarbonyl (C=S) groups is 1. The fourth-order valence-corrected chi connectivity index (χ4v) is 4.11. The molecule has 26 heavy (non-hydrogen) atoms. The number of hydrogen-bond donors (Lipinski definition) is 1. The maximum absolute atomic E-state index is 12.6. The summed E-state index contributed by atoms with van der Waals surface area (Å²) in [6.45, 7) is 0.910. The Bertz CT molecular complexity index is 796. The van der Waals surface area contributed by atoms with Gasteiger partial charge in [0.15, 0.2) is 0 Å². The van der Waals surface area contributed by atoms with Gasteiger partial charge in [0.2, 0.25) is 0 Å². The minimum atomic E-state index is -0.793. The highest BCUT2D eigenvalue weighted by Gasteiger charge is 2.29. The number of thioether (sulfide) groups is 1. The Kier molecular flexibility index (Phi) is 5.43. The van der Waals surface area contributed by atoms with E-state index in [1.807, 2.05) is 0 Å². The number of carbonyl (C=O) groups is 3. The fraction of sp³-hybridized carbons (Fsp3) is 0.333. The summed E-state index contributed by atoms with van der Waals surface area (Å²) < 4.78 is 0.526. The average molecular weight is 390 g/mol. The molecule has 0 unspecified atom stereocenters. The van der Waals surface area contributed by atoms with Crippen molar-refractivity contribution in [2.24, 2.45) is 5.92 Å². The Morgan fingerprint density at radius 1 is 1.23 bits per heavy atom. The van der Waals surface area contributed by atoms with Crippen LogP contribution in [0.5, 0.6) is 0 Å². The number of rotatable bonds is 3. The van der Waals surface area contributed by atoms with Crippen LogP contribution in [0.4, 0.5) is 0 Å². The van der Waals surface area contributed by atoms with Gasteiger partial charge in [-0.3, -0.25) is 19.3 Å². The van der Waals surface area contributed by atoms with Crippen molar-refractivity contribution in [1.29, 1.82) is 0 Å². The van der Waals surface area contributed by atoms with Crippen molar-refractivity contribution in [2.45, 2.75) is 12.8 Å². The number of carbonyl (C=O) groups excluding carboxylic acids is 2.